The van der Waals surface area contributed by atoms with Gasteiger partial charge in [-0.05, 0) is 42.0 Å². The van der Waals surface area contributed by atoms with E-state index in [2.05, 4.69) is 20.2 Å². The lowest BCUT2D eigenvalue weighted by Gasteiger charge is -2.08. The molecule has 8 nitrogen and oxygen atoms in total. The highest BCUT2D eigenvalue weighted by atomic mass is 32.2. The summed E-state index contributed by atoms with van der Waals surface area (Å²) < 4.78 is 33.0. The van der Waals surface area contributed by atoms with E-state index in [1.165, 1.54) is 12.1 Å². The third-order valence-electron chi connectivity index (χ3n) is 4.50. The number of sulfonamides is 1. The maximum Gasteiger partial charge on any atom is 0.277 e. The highest BCUT2D eigenvalue weighted by Gasteiger charge is 2.15. The van der Waals surface area contributed by atoms with Crippen LogP contribution in [0.25, 0.3) is 11.5 Å². The fourth-order valence-corrected chi connectivity index (χ4v) is 4.53. The molecule has 0 aliphatic rings. The van der Waals surface area contributed by atoms with Crippen LogP contribution < -0.4 is 10.0 Å². The molecular formula is C23H20N4O4S2. The first-order valence-electron chi connectivity index (χ1n) is 9.95. The minimum absolute atomic E-state index is 0.140. The third-order valence-corrected chi connectivity index (χ3v) is 6.72. The zero-order valence-electron chi connectivity index (χ0n) is 17.3. The van der Waals surface area contributed by atoms with E-state index in [0.29, 0.717) is 17.8 Å². The molecule has 1 heterocycles. The normalized spacial score (nSPS) is 11.2. The van der Waals surface area contributed by atoms with Gasteiger partial charge >= 0.3 is 0 Å². The number of rotatable bonds is 9. The number of thioether (sulfide) groups is 1. The number of carbonyl (C=O) groups is 1. The Morgan fingerprint density at radius 3 is 2.24 bits per heavy atom. The van der Waals surface area contributed by atoms with E-state index in [4.69, 9.17) is 4.42 Å². The maximum atomic E-state index is 12.4. The second-order valence-corrected chi connectivity index (χ2v) is 9.53. The molecule has 0 fully saturated rings. The van der Waals surface area contributed by atoms with Gasteiger partial charge < -0.3 is 9.73 Å². The fourth-order valence-electron chi connectivity index (χ4n) is 2.85. The minimum Gasteiger partial charge on any atom is -0.411 e. The largest absolute Gasteiger partial charge is 0.411 e. The van der Waals surface area contributed by atoms with Crippen LogP contribution in [0.15, 0.2) is 99.5 Å². The molecule has 0 saturated heterocycles. The summed E-state index contributed by atoms with van der Waals surface area (Å²) >= 11 is 1.14. The van der Waals surface area contributed by atoms with Gasteiger partial charge in [-0.25, -0.2) is 8.42 Å². The van der Waals surface area contributed by atoms with Gasteiger partial charge in [-0.3, -0.25) is 9.52 Å². The molecule has 4 aromatic rings. The van der Waals surface area contributed by atoms with Crippen LogP contribution in [0.4, 0.5) is 5.69 Å². The number of nitrogens with zero attached hydrogens (tertiary/aromatic N) is 2. The van der Waals surface area contributed by atoms with E-state index in [9.17, 15) is 13.2 Å². The topological polar surface area (TPSA) is 114 Å². The van der Waals surface area contributed by atoms with Crippen molar-refractivity contribution in [2.45, 2.75) is 16.7 Å². The fraction of sp³-hybridized carbons (Fsp3) is 0.0870. The van der Waals surface area contributed by atoms with Crippen LogP contribution in [-0.2, 0) is 21.4 Å². The van der Waals surface area contributed by atoms with E-state index in [1.807, 2.05) is 30.3 Å². The van der Waals surface area contributed by atoms with Gasteiger partial charge in [-0.1, -0.05) is 60.3 Å². The van der Waals surface area contributed by atoms with Crippen LogP contribution >= 0.6 is 11.8 Å². The Hall–Kier alpha value is -3.63. The van der Waals surface area contributed by atoms with Crippen LogP contribution in [-0.4, -0.2) is 30.3 Å². The molecule has 0 unspecified atom stereocenters. The highest BCUT2D eigenvalue weighted by molar-refractivity contribution is 7.99. The summed E-state index contributed by atoms with van der Waals surface area (Å²) in [7, 11) is -3.67. The number of hydrogen-bond donors (Lipinski definition) is 2. The highest BCUT2D eigenvalue weighted by Crippen LogP contribution is 2.25. The van der Waals surface area contributed by atoms with Gasteiger partial charge in [-0.15, -0.1) is 10.2 Å². The predicted molar refractivity (Wildman–Crippen MR) is 126 cm³/mol. The molecule has 0 atom stereocenters. The van der Waals surface area contributed by atoms with Crippen molar-refractivity contribution in [3.8, 4) is 11.5 Å². The van der Waals surface area contributed by atoms with Crippen LogP contribution in [0.5, 0.6) is 0 Å². The van der Waals surface area contributed by atoms with Crippen molar-refractivity contribution < 1.29 is 17.6 Å². The second-order valence-electron chi connectivity index (χ2n) is 6.92. The van der Waals surface area contributed by atoms with Crippen molar-refractivity contribution in [2.24, 2.45) is 0 Å². The van der Waals surface area contributed by atoms with Crippen LogP contribution in [0, 0.1) is 0 Å². The quantitative estimate of drug-likeness (QED) is 0.349. The van der Waals surface area contributed by atoms with Crippen molar-refractivity contribution in [1.29, 1.82) is 0 Å². The molecule has 1 aromatic heterocycles. The second kappa shape index (κ2) is 10.3. The van der Waals surface area contributed by atoms with E-state index >= 15 is 0 Å². The first-order valence-corrected chi connectivity index (χ1v) is 12.4. The lowest BCUT2D eigenvalue weighted by molar-refractivity contribution is -0.118. The van der Waals surface area contributed by atoms with E-state index in [1.54, 1.807) is 42.5 Å². The Balaban J connectivity index is 1.31. The van der Waals surface area contributed by atoms with Crippen LogP contribution in [0.2, 0.25) is 0 Å². The molecule has 0 aliphatic carbocycles. The summed E-state index contributed by atoms with van der Waals surface area (Å²) in [5.41, 5.74) is 2.06. The zero-order valence-corrected chi connectivity index (χ0v) is 19.0. The van der Waals surface area contributed by atoms with Gasteiger partial charge in [0.2, 0.25) is 11.8 Å². The number of nitrogens with one attached hydrogen (secondary N) is 2. The lowest BCUT2D eigenvalue weighted by atomic mass is 10.2. The summed E-state index contributed by atoms with van der Waals surface area (Å²) in [5, 5.41) is 11.1. The minimum atomic E-state index is -3.67. The average Bonchev–Trinajstić information content (AvgIpc) is 3.32. The monoisotopic (exact) mass is 480 g/mol. The van der Waals surface area contributed by atoms with Gasteiger partial charge in [0.1, 0.15) is 0 Å². The van der Waals surface area contributed by atoms with Crippen molar-refractivity contribution in [1.82, 2.24) is 15.5 Å². The van der Waals surface area contributed by atoms with Crippen molar-refractivity contribution in [3.05, 3.63) is 90.5 Å². The van der Waals surface area contributed by atoms with Crippen molar-refractivity contribution in [3.63, 3.8) is 0 Å². The lowest BCUT2D eigenvalue weighted by Crippen LogP contribution is -2.24. The summed E-state index contributed by atoms with van der Waals surface area (Å²) in [5.74, 6) is 0.285. The van der Waals surface area contributed by atoms with Crippen molar-refractivity contribution in [2.75, 3.05) is 10.5 Å². The Labute approximate surface area is 195 Å². The molecule has 4 rings (SSSR count). The smallest absolute Gasteiger partial charge is 0.277 e. The molecular weight excluding hydrogens is 460 g/mol. The van der Waals surface area contributed by atoms with Gasteiger partial charge in [0.25, 0.3) is 15.2 Å². The molecule has 168 valence electrons. The third kappa shape index (κ3) is 6.21. The van der Waals surface area contributed by atoms with E-state index in [-0.39, 0.29) is 27.7 Å². The number of carbonyl (C=O) groups excluding carboxylic acids is 1. The zero-order chi connectivity index (χ0) is 23.1. The molecule has 0 saturated carbocycles. The molecule has 33 heavy (non-hydrogen) atoms. The Morgan fingerprint density at radius 2 is 1.55 bits per heavy atom. The molecule has 2 N–H and O–H groups in total. The SMILES string of the molecule is O=C(CSc1nnc(-c2ccc(NS(=O)(=O)c3ccccc3)cc2)o1)NCc1ccccc1. The van der Waals surface area contributed by atoms with Gasteiger partial charge in [0.05, 0.1) is 10.6 Å². The Kier molecular flexibility index (Phi) is 7.06. The summed E-state index contributed by atoms with van der Waals surface area (Å²) in [6.45, 7) is 0.454. The summed E-state index contributed by atoms with van der Waals surface area (Å²) in [6.07, 6.45) is 0. The maximum absolute atomic E-state index is 12.4. The van der Waals surface area contributed by atoms with Gasteiger partial charge in [0.15, 0.2) is 0 Å². The van der Waals surface area contributed by atoms with Crippen LogP contribution in [0.3, 0.4) is 0 Å². The Bertz CT molecular complexity index is 1310. The average molecular weight is 481 g/mol. The number of benzene rings is 3. The molecule has 0 spiro atoms. The van der Waals surface area contributed by atoms with Crippen LogP contribution in [0.1, 0.15) is 5.56 Å². The number of hydrogen-bond acceptors (Lipinski definition) is 7. The first-order chi connectivity index (χ1) is 16.0. The number of anilines is 1. The summed E-state index contributed by atoms with van der Waals surface area (Å²) in [4.78, 5) is 12.2. The molecule has 0 radical (unpaired) electrons. The Morgan fingerprint density at radius 1 is 0.879 bits per heavy atom. The van der Waals surface area contributed by atoms with Gasteiger partial charge in [0, 0.05) is 17.8 Å². The van der Waals surface area contributed by atoms with Gasteiger partial charge in [-0.2, -0.15) is 0 Å². The molecule has 1 amide bonds. The number of aromatic nitrogens is 2. The molecule has 3 aromatic carbocycles. The first kappa shape index (κ1) is 22.6. The van der Waals surface area contributed by atoms with E-state index < -0.39 is 10.0 Å². The molecule has 10 heteroatoms. The standard InChI is InChI=1S/C23H20N4O4S2/c28-21(24-15-17-7-3-1-4-8-17)16-32-23-26-25-22(31-23)18-11-13-19(14-12-18)27-33(29,30)20-9-5-2-6-10-20/h1-14,27H,15-16H2,(H,24,28). The number of amides is 1. The molecule has 0 aliphatic heterocycles. The van der Waals surface area contributed by atoms with E-state index in [0.717, 1.165) is 17.3 Å². The molecule has 0 bridgehead atoms. The summed E-state index contributed by atoms with van der Waals surface area (Å²) in [6, 6.07) is 24.3. The van der Waals surface area contributed by atoms with Crippen molar-refractivity contribution >= 4 is 33.4 Å². The predicted octanol–water partition coefficient (Wildman–Crippen LogP) is 3.95.